The minimum Gasteiger partial charge on any atom is -0.369 e. The molecule has 1 aromatic rings. The molecule has 0 spiro atoms. The molecule has 1 fully saturated rings. The highest BCUT2D eigenvalue weighted by Crippen LogP contribution is 2.29. The summed E-state index contributed by atoms with van der Waals surface area (Å²) in [6, 6.07) is 0. The van der Waals surface area contributed by atoms with E-state index in [-0.39, 0.29) is 11.7 Å². The molecule has 0 aliphatic carbocycles. The number of ether oxygens (including phenoxy) is 1. The van der Waals surface area contributed by atoms with Crippen LogP contribution in [0.1, 0.15) is 32.6 Å². The van der Waals surface area contributed by atoms with Gasteiger partial charge >= 0.3 is 0 Å². The topological polar surface area (TPSA) is 37.4 Å². The summed E-state index contributed by atoms with van der Waals surface area (Å²) in [4.78, 5) is 8.18. The van der Waals surface area contributed by atoms with Crippen LogP contribution in [0.2, 0.25) is 0 Å². The molecule has 2 heterocycles. The number of anilines is 1. The summed E-state index contributed by atoms with van der Waals surface area (Å²) in [6.07, 6.45) is 2.24. The van der Waals surface area contributed by atoms with Crippen LogP contribution in [0, 0.1) is 0 Å². The zero-order valence-electron chi connectivity index (χ0n) is 11.7. The van der Waals surface area contributed by atoms with E-state index >= 15 is 0 Å². The number of aromatic nitrogens is 1. The van der Waals surface area contributed by atoms with E-state index < -0.39 is 0 Å². The van der Waals surface area contributed by atoms with Gasteiger partial charge in [0.05, 0.1) is 11.7 Å². The maximum Gasteiger partial charge on any atom is 0.185 e. The highest BCUT2D eigenvalue weighted by molar-refractivity contribution is 7.15. The Labute approximate surface area is 113 Å². The van der Waals surface area contributed by atoms with E-state index in [1.165, 1.54) is 4.88 Å². The molecule has 102 valence electrons. The predicted molar refractivity (Wildman–Crippen MR) is 76.3 cm³/mol. The van der Waals surface area contributed by atoms with Gasteiger partial charge in [0.15, 0.2) is 5.13 Å². The number of hydrogen-bond donors (Lipinski definition) is 1. The van der Waals surface area contributed by atoms with Crippen LogP contribution in [0.3, 0.4) is 0 Å². The summed E-state index contributed by atoms with van der Waals surface area (Å²) in [7, 11) is 0. The van der Waals surface area contributed by atoms with Gasteiger partial charge in [-0.25, -0.2) is 4.98 Å². The Kier molecular flexibility index (Phi) is 4.25. The number of nitrogens with one attached hydrogen (secondary N) is 1. The lowest BCUT2D eigenvalue weighted by Crippen LogP contribution is -2.52. The first-order valence-corrected chi connectivity index (χ1v) is 7.40. The molecule has 1 N–H and O–H groups in total. The number of thiazole rings is 1. The average molecular weight is 269 g/mol. The third kappa shape index (κ3) is 3.43. The van der Waals surface area contributed by atoms with Crippen LogP contribution in [0.4, 0.5) is 5.13 Å². The quantitative estimate of drug-likeness (QED) is 0.910. The molecule has 0 bridgehead atoms. The van der Waals surface area contributed by atoms with Crippen LogP contribution in [0.5, 0.6) is 0 Å². The van der Waals surface area contributed by atoms with Gasteiger partial charge in [0.2, 0.25) is 0 Å². The number of rotatable bonds is 4. The van der Waals surface area contributed by atoms with E-state index in [1.807, 2.05) is 6.20 Å². The first kappa shape index (κ1) is 13.8. The van der Waals surface area contributed by atoms with Crippen molar-refractivity contribution in [3.8, 4) is 0 Å². The maximum absolute atomic E-state index is 5.92. The number of hydrogen-bond acceptors (Lipinski definition) is 5. The highest BCUT2D eigenvalue weighted by Gasteiger charge is 2.32. The Morgan fingerprint density at radius 3 is 3.06 bits per heavy atom. The van der Waals surface area contributed by atoms with Crippen molar-refractivity contribution in [1.82, 2.24) is 10.3 Å². The Morgan fingerprint density at radius 1 is 1.61 bits per heavy atom. The second kappa shape index (κ2) is 5.55. The standard InChI is InChI=1S/C13H23N3OS/c1-5-14-6-11-7-15-12(18-11)16-8-10(2)17-13(3,4)9-16/h7,10,14H,5-6,8-9H2,1-4H3. The molecule has 0 amide bonds. The van der Waals surface area contributed by atoms with Gasteiger partial charge in [0.1, 0.15) is 0 Å². The minimum absolute atomic E-state index is 0.0921. The van der Waals surface area contributed by atoms with Gasteiger partial charge in [0, 0.05) is 30.7 Å². The summed E-state index contributed by atoms with van der Waals surface area (Å²) >= 11 is 1.78. The normalized spacial score (nSPS) is 23.3. The first-order valence-electron chi connectivity index (χ1n) is 6.58. The van der Waals surface area contributed by atoms with Crippen molar-refractivity contribution < 1.29 is 4.74 Å². The van der Waals surface area contributed by atoms with Gasteiger partial charge in [0.25, 0.3) is 0 Å². The molecule has 2 rings (SSSR count). The van der Waals surface area contributed by atoms with E-state index in [2.05, 4.69) is 42.9 Å². The lowest BCUT2D eigenvalue weighted by Gasteiger charge is -2.41. The first-order chi connectivity index (χ1) is 8.50. The molecular formula is C13H23N3OS. The molecule has 1 unspecified atom stereocenters. The Hall–Kier alpha value is -0.650. The van der Waals surface area contributed by atoms with E-state index in [1.54, 1.807) is 11.3 Å². The Balaban J connectivity index is 2.04. The second-order valence-electron chi connectivity index (χ2n) is 5.46. The zero-order valence-corrected chi connectivity index (χ0v) is 12.5. The number of morpholine rings is 1. The van der Waals surface area contributed by atoms with Crippen molar-refractivity contribution in [3.63, 3.8) is 0 Å². The highest BCUT2D eigenvalue weighted by atomic mass is 32.1. The predicted octanol–water partition coefficient (Wildman–Crippen LogP) is 2.26. The van der Waals surface area contributed by atoms with Crippen LogP contribution in [0.15, 0.2) is 6.20 Å². The van der Waals surface area contributed by atoms with E-state index in [0.29, 0.717) is 0 Å². The molecule has 0 saturated carbocycles. The third-order valence-electron chi connectivity index (χ3n) is 2.93. The minimum atomic E-state index is -0.0921. The molecule has 5 heteroatoms. The van der Waals surface area contributed by atoms with Crippen molar-refractivity contribution in [2.75, 3.05) is 24.5 Å². The van der Waals surface area contributed by atoms with Gasteiger partial charge in [-0.3, -0.25) is 0 Å². The molecule has 1 atom stereocenters. The SMILES string of the molecule is CCNCc1cnc(N2CC(C)OC(C)(C)C2)s1. The van der Waals surface area contributed by atoms with Gasteiger partial charge in [-0.05, 0) is 27.3 Å². The van der Waals surface area contributed by atoms with Gasteiger partial charge in [-0.2, -0.15) is 0 Å². The van der Waals surface area contributed by atoms with Crippen LogP contribution in [0.25, 0.3) is 0 Å². The molecule has 0 radical (unpaired) electrons. The fourth-order valence-electron chi connectivity index (χ4n) is 2.37. The van der Waals surface area contributed by atoms with Gasteiger partial charge in [-0.15, -0.1) is 11.3 Å². The van der Waals surface area contributed by atoms with E-state index in [9.17, 15) is 0 Å². The van der Waals surface area contributed by atoms with Crippen molar-refractivity contribution in [2.45, 2.75) is 45.9 Å². The second-order valence-corrected chi connectivity index (χ2v) is 6.55. The molecule has 1 aliphatic rings. The van der Waals surface area contributed by atoms with Crippen molar-refractivity contribution in [1.29, 1.82) is 0 Å². The summed E-state index contributed by atoms with van der Waals surface area (Å²) in [5, 5.41) is 4.45. The monoisotopic (exact) mass is 269 g/mol. The average Bonchev–Trinajstić information content (AvgIpc) is 2.72. The maximum atomic E-state index is 5.92. The molecule has 1 aromatic heterocycles. The fourth-order valence-corrected chi connectivity index (χ4v) is 3.26. The molecule has 18 heavy (non-hydrogen) atoms. The molecule has 1 saturated heterocycles. The Bertz CT molecular complexity index is 391. The van der Waals surface area contributed by atoms with Gasteiger partial charge < -0.3 is 15.0 Å². The molecular weight excluding hydrogens is 246 g/mol. The van der Waals surface area contributed by atoms with E-state index in [4.69, 9.17) is 4.74 Å². The molecule has 4 nitrogen and oxygen atoms in total. The lowest BCUT2D eigenvalue weighted by atomic mass is 10.1. The summed E-state index contributed by atoms with van der Waals surface area (Å²) in [5.74, 6) is 0. The molecule has 0 aromatic carbocycles. The summed E-state index contributed by atoms with van der Waals surface area (Å²) in [5.41, 5.74) is -0.0921. The van der Waals surface area contributed by atoms with Crippen LogP contribution in [-0.4, -0.2) is 36.3 Å². The van der Waals surface area contributed by atoms with Crippen LogP contribution in [-0.2, 0) is 11.3 Å². The Morgan fingerprint density at radius 2 is 2.39 bits per heavy atom. The smallest absolute Gasteiger partial charge is 0.185 e. The summed E-state index contributed by atoms with van der Waals surface area (Å²) < 4.78 is 5.92. The van der Waals surface area contributed by atoms with Gasteiger partial charge in [-0.1, -0.05) is 6.92 Å². The van der Waals surface area contributed by atoms with Crippen molar-refractivity contribution in [2.24, 2.45) is 0 Å². The van der Waals surface area contributed by atoms with Crippen molar-refractivity contribution in [3.05, 3.63) is 11.1 Å². The molecule has 1 aliphatic heterocycles. The van der Waals surface area contributed by atoms with Crippen LogP contribution < -0.4 is 10.2 Å². The number of nitrogens with zero attached hydrogens (tertiary/aromatic N) is 2. The third-order valence-corrected chi connectivity index (χ3v) is 3.99. The zero-order chi connectivity index (χ0) is 13.2. The largest absolute Gasteiger partial charge is 0.369 e. The van der Waals surface area contributed by atoms with Crippen LogP contribution >= 0.6 is 11.3 Å². The van der Waals surface area contributed by atoms with E-state index in [0.717, 1.165) is 31.3 Å². The lowest BCUT2D eigenvalue weighted by molar-refractivity contribution is -0.0749. The fraction of sp³-hybridized carbons (Fsp3) is 0.769. The summed E-state index contributed by atoms with van der Waals surface area (Å²) in [6.45, 7) is 12.3. The van der Waals surface area contributed by atoms with Crippen molar-refractivity contribution >= 4 is 16.5 Å².